The molecule has 184 valence electrons. The second kappa shape index (κ2) is 12.7. The van der Waals surface area contributed by atoms with Crippen LogP contribution in [0.1, 0.15) is 36.5 Å². The van der Waals surface area contributed by atoms with Crippen LogP contribution < -0.4 is 30.3 Å². The lowest BCUT2D eigenvalue weighted by molar-refractivity contribution is 0.0944. The molecule has 9 nitrogen and oxygen atoms in total. The lowest BCUT2D eigenvalue weighted by Crippen LogP contribution is -2.29. The maximum absolute atomic E-state index is 13.0. The van der Waals surface area contributed by atoms with E-state index in [1.165, 1.54) is 7.11 Å². The largest absolute Gasteiger partial charge is 0.497 e. The van der Waals surface area contributed by atoms with Crippen molar-refractivity contribution in [3.8, 4) is 11.5 Å². The normalized spacial score (nSPS) is 12.9. The Morgan fingerprint density at radius 2 is 1.79 bits per heavy atom. The lowest BCUT2D eigenvalue weighted by Gasteiger charge is -2.22. The minimum Gasteiger partial charge on any atom is -0.497 e. The smallest absolute Gasteiger partial charge is 0.323 e. The molecule has 2 aromatic rings. The van der Waals surface area contributed by atoms with E-state index in [0.29, 0.717) is 48.2 Å². The summed E-state index contributed by atoms with van der Waals surface area (Å²) in [4.78, 5) is 27.9. The molecule has 0 spiro atoms. The number of carbonyl (C=O) groups excluding carboxylic acids is 2. The van der Waals surface area contributed by atoms with Crippen LogP contribution in [0.15, 0.2) is 36.4 Å². The SMILES string of the molecule is CCOCCCNC(=O)c1cc(NC(=O)Nc2ccc(OC)cc2OC)ccc1N1CCCC1. The molecule has 0 radical (unpaired) electrons. The Balaban J connectivity index is 1.72. The van der Waals surface area contributed by atoms with E-state index in [2.05, 4.69) is 20.9 Å². The Morgan fingerprint density at radius 3 is 2.50 bits per heavy atom. The highest BCUT2D eigenvalue weighted by Crippen LogP contribution is 2.30. The molecule has 34 heavy (non-hydrogen) atoms. The van der Waals surface area contributed by atoms with E-state index < -0.39 is 6.03 Å². The van der Waals surface area contributed by atoms with Crippen LogP contribution in [-0.2, 0) is 4.74 Å². The van der Waals surface area contributed by atoms with Crippen molar-refractivity contribution in [1.82, 2.24) is 5.32 Å². The number of benzene rings is 2. The molecule has 0 bridgehead atoms. The van der Waals surface area contributed by atoms with Gasteiger partial charge in [0.1, 0.15) is 11.5 Å². The third-order valence-corrected chi connectivity index (χ3v) is 5.56. The number of amides is 3. The molecule has 0 atom stereocenters. The summed E-state index contributed by atoms with van der Waals surface area (Å²) in [5, 5.41) is 8.56. The average Bonchev–Trinajstić information content (AvgIpc) is 3.38. The van der Waals surface area contributed by atoms with Gasteiger partial charge in [0.2, 0.25) is 0 Å². The third-order valence-electron chi connectivity index (χ3n) is 5.56. The van der Waals surface area contributed by atoms with Crippen molar-refractivity contribution in [3.05, 3.63) is 42.0 Å². The van der Waals surface area contributed by atoms with Gasteiger partial charge in [0, 0.05) is 50.3 Å². The van der Waals surface area contributed by atoms with E-state index in [-0.39, 0.29) is 5.91 Å². The quantitative estimate of drug-likeness (QED) is 0.428. The Labute approximate surface area is 200 Å². The summed E-state index contributed by atoms with van der Waals surface area (Å²) in [6.07, 6.45) is 2.94. The Hall–Kier alpha value is -3.46. The zero-order valence-electron chi connectivity index (χ0n) is 20.1. The summed E-state index contributed by atoms with van der Waals surface area (Å²) in [5.41, 5.74) is 2.44. The number of methoxy groups -OCH3 is 2. The van der Waals surface area contributed by atoms with E-state index >= 15 is 0 Å². The fourth-order valence-electron chi connectivity index (χ4n) is 3.83. The fourth-order valence-corrected chi connectivity index (χ4v) is 3.83. The molecule has 2 aromatic carbocycles. The highest BCUT2D eigenvalue weighted by molar-refractivity contribution is 6.04. The molecule has 1 heterocycles. The molecule has 0 saturated carbocycles. The van der Waals surface area contributed by atoms with Gasteiger partial charge < -0.3 is 35.1 Å². The van der Waals surface area contributed by atoms with Crippen molar-refractivity contribution in [3.63, 3.8) is 0 Å². The number of urea groups is 1. The molecule has 3 amide bonds. The topological polar surface area (TPSA) is 101 Å². The molecule has 1 saturated heterocycles. The molecular weight excluding hydrogens is 436 g/mol. The number of carbonyl (C=O) groups is 2. The van der Waals surface area contributed by atoms with Crippen LogP contribution >= 0.6 is 0 Å². The fraction of sp³-hybridized carbons (Fsp3) is 0.440. The first-order chi connectivity index (χ1) is 16.5. The second-order valence-corrected chi connectivity index (χ2v) is 7.88. The van der Waals surface area contributed by atoms with Gasteiger partial charge in [-0.3, -0.25) is 4.79 Å². The molecule has 3 N–H and O–H groups in total. The molecular formula is C25H34N4O5. The van der Waals surface area contributed by atoms with Gasteiger partial charge in [0.05, 0.1) is 25.5 Å². The predicted octanol–water partition coefficient (Wildman–Crippen LogP) is 4.10. The maximum atomic E-state index is 13.0. The summed E-state index contributed by atoms with van der Waals surface area (Å²) in [6.45, 7) is 5.55. The van der Waals surface area contributed by atoms with Gasteiger partial charge in [-0.1, -0.05) is 0 Å². The number of ether oxygens (including phenoxy) is 3. The molecule has 1 aliphatic rings. The van der Waals surface area contributed by atoms with Crippen molar-refractivity contribution >= 4 is 29.0 Å². The van der Waals surface area contributed by atoms with Crippen LogP contribution in [0.4, 0.5) is 21.9 Å². The minimum atomic E-state index is -0.444. The highest BCUT2D eigenvalue weighted by Gasteiger charge is 2.20. The Kier molecular flexibility index (Phi) is 9.40. The van der Waals surface area contributed by atoms with Crippen molar-refractivity contribution in [2.24, 2.45) is 0 Å². The third kappa shape index (κ3) is 6.77. The second-order valence-electron chi connectivity index (χ2n) is 7.88. The predicted molar refractivity (Wildman–Crippen MR) is 134 cm³/mol. The first kappa shape index (κ1) is 25.2. The van der Waals surface area contributed by atoms with E-state index in [1.54, 1.807) is 31.4 Å². The standard InChI is InChI=1S/C25H34N4O5/c1-4-34-15-7-12-26-24(30)20-16-18(8-11-22(20)29-13-5-6-14-29)27-25(31)28-21-10-9-19(32-2)17-23(21)33-3/h8-11,16-17H,4-7,12-15H2,1-3H3,(H,26,30)(H2,27,28,31). The summed E-state index contributed by atoms with van der Waals surface area (Å²) in [6, 6.07) is 10.1. The van der Waals surface area contributed by atoms with Crippen LogP contribution in [0.25, 0.3) is 0 Å². The van der Waals surface area contributed by atoms with Crippen LogP contribution in [0.5, 0.6) is 11.5 Å². The summed E-state index contributed by atoms with van der Waals surface area (Å²) < 4.78 is 15.9. The van der Waals surface area contributed by atoms with Crippen LogP contribution in [0, 0.1) is 0 Å². The van der Waals surface area contributed by atoms with Crippen molar-refractivity contribution in [2.75, 3.05) is 62.6 Å². The van der Waals surface area contributed by atoms with E-state index in [9.17, 15) is 9.59 Å². The zero-order valence-corrected chi connectivity index (χ0v) is 20.1. The Bertz CT molecular complexity index is 976. The maximum Gasteiger partial charge on any atom is 0.323 e. The van der Waals surface area contributed by atoms with Crippen molar-refractivity contribution in [2.45, 2.75) is 26.2 Å². The number of hydrogen-bond donors (Lipinski definition) is 3. The van der Waals surface area contributed by atoms with E-state index in [1.807, 2.05) is 19.1 Å². The number of anilines is 3. The summed E-state index contributed by atoms with van der Waals surface area (Å²) in [7, 11) is 3.08. The number of nitrogens with zero attached hydrogens (tertiary/aromatic N) is 1. The number of rotatable bonds is 11. The first-order valence-electron chi connectivity index (χ1n) is 11.6. The van der Waals surface area contributed by atoms with Gasteiger partial charge in [-0.15, -0.1) is 0 Å². The highest BCUT2D eigenvalue weighted by atomic mass is 16.5. The van der Waals surface area contributed by atoms with Crippen LogP contribution in [0.3, 0.4) is 0 Å². The molecule has 3 rings (SSSR count). The molecule has 0 aliphatic carbocycles. The van der Waals surface area contributed by atoms with Crippen LogP contribution in [0.2, 0.25) is 0 Å². The van der Waals surface area contributed by atoms with Crippen molar-refractivity contribution in [1.29, 1.82) is 0 Å². The average molecular weight is 471 g/mol. The van der Waals surface area contributed by atoms with E-state index in [0.717, 1.165) is 38.0 Å². The molecule has 1 aliphatic heterocycles. The molecule has 1 fully saturated rings. The molecule has 0 aromatic heterocycles. The van der Waals surface area contributed by atoms with Crippen LogP contribution in [-0.4, -0.2) is 59.0 Å². The number of nitrogens with one attached hydrogen (secondary N) is 3. The lowest BCUT2D eigenvalue weighted by atomic mass is 10.1. The zero-order chi connectivity index (χ0) is 24.3. The van der Waals surface area contributed by atoms with Crippen molar-refractivity contribution < 1.29 is 23.8 Å². The number of hydrogen-bond acceptors (Lipinski definition) is 6. The minimum absolute atomic E-state index is 0.167. The summed E-state index contributed by atoms with van der Waals surface area (Å²) >= 11 is 0. The Morgan fingerprint density at radius 1 is 1.00 bits per heavy atom. The van der Waals surface area contributed by atoms with Gasteiger partial charge in [-0.2, -0.15) is 0 Å². The van der Waals surface area contributed by atoms with Gasteiger partial charge >= 0.3 is 6.03 Å². The van der Waals surface area contributed by atoms with Gasteiger partial charge in [0.15, 0.2) is 0 Å². The van der Waals surface area contributed by atoms with E-state index in [4.69, 9.17) is 14.2 Å². The van der Waals surface area contributed by atoms with Gasteiger partial charge in [-0.25, -0.2) is 4.79 Å². The monoisotopic (exact) mass is 470 g/mol. The van der Waals surface area contributed by atoms with Gasteiger partial charge in [0.25, 0.3) is 5.91 Å². The molecule has 9 heteroatoms. The molecule has 0 unspecified atom stereocenters. The summed E-state index contributed by atoms with van der Waals surface area (Å²) in [5.74, 6) is 0.933. The first-order valence-corrected chi connectivity index (χ1v) is 11.6. The van der Waals surface area contributed by atoms with Gasteiger partial charge in [-0.05, 0) is 56.5 Å².